The van der Waals surface area contributed by atoms with Gasteiger partial charge in [0.1, 0.15) is 17.1 Å². The predicted octanol–water partition coefficient (Wildman–Crippen LogP) is 3.58. The number of rotatable bonds is 4. The van der Waals surface area contributed by atoms with Crippen LogP contribution in [0, 0.1) is 6.92 Å². The molecule has 4 nitrogen and oxygen atoms in total. The molecule has 2 aromatic rings. The summed E-state index contributed by atoms with van der Waals surface area (Å²) in [5.41, 5.74) is 1.02. The van der Waals surface area contributed by atoms with Crippen molar-refractivity contribution in [2.75, 3.05) is 14.2 Å². The van der Waals surface area contributed by atoms with Crippen LogP contribution in [0.5, 0.6) is 11.5 Å². The summed E-state index contributed by atoms with van der Waals surface area (Å²) in [7, 11) is 3.16. The number of methoxy groups -OCH3 is 2. The average Bonchev–Trinajstić information content (AvgIpc) is 2.46. The molecule has 4 heteroatoms. The summed E-state index contributed by atoms with van der Waals surface area (Å²) in [5, 5.41) is 0.750. The third-order valence-electron chi connectivity index (χ3n) is 3.72. The van der Waals surface area contributed by atoms with Crippen LogP contribution in [0.25, 0.3) is 11.0 Å². The van der Waals surface area contributed by atoms with Gasteiger partial charge in [-0.25, -0.2) is 4.79 Å². The third kappa shape index (κ3) is 2.42. The maximum Gasteiger partial charge on any atom is 0.339 e. The largest absolute Gasteiger partial charge is 0.496 e. The van der Waals surface area contributed by atoms with E-state index in [1.54, 1.807) is 33.3 Å². The summed E-state index contributed by atoms with van der Waals surface area (Å²) in [5.74, 6) is 1.22. The lowest BCUT2D eigenvalue weighted by atomic mass is 9.83. The first-order valence-corrected chi connectivity index (χ1v) is 6.69. The SMILES string of the molecule is C=CC(C)(C)c1c(OC)cc(OC)c2cc(C)c(=O)oc12. The lowest BCUT2D eigenvalue weighted by Crippen LogP contribution is -2.17. The molecular formula is C17H20O4. The fourth-order valence-corrected chi connectivity index (χ4v) is 2.36. The second-order valence-electron chi connectivity index (χ2n) is 5.54. The van der Waals surface area contributed by atoms with Gasteiger partial charge in [0.2, 0.25) is 0 Å². The van der Waals surface area contributed by atoms with Gasteiger partial charge in [0, 0.05) is 22.6 Å². The van der Waals surface area contributed by atoms with Gasteiger partial charge < -0.3 is 13.9 Å². The minimum absolute atomic E-state index is 0.362. The van der Waals surface area contributed by atoms with E-state index in [0.717, 1.165) is 10.9 Å². The zero-order valence-corrected chi connectivity index (χ0v) is 13.1. The number of hydrogen-bond donors (Lipinski definition) is 0. The van der Waals surface area contributed by atoms with E-state index < -0.39 is 5.41 Å². The predicted molar refractivity (Wildman–Crippen MR) is 83.5 cm³/mol. The number of hydrogen-bond acceptors (Lipinski definition) is 4. The molecule has 0 aliphatic heterocycles. The van der Waals surface area contributed by atoms with Crippen LogP contribution < -0.4 is 15.1 Å². The molecule has 0 N–H and O–H groups in total. The zero-order valence-electron chi connectivity index (χ0n) is 13.1. The highest BCUT2D eigenvalue weighted by atomic mass is 16.5. The van der Waals surface area contributed by atoms with Crippen molar-refractivity contribution >= 4 is 11.0 Å². The second-order valence-corrected chi connectivity index (χ2v) is 5.54. The van der Waals surface area contributed by atoms with Crippen LogP contribution in [-0.4, -0.2) is 14.2 Å². The van der Waals surface area contributed by atoms with Gasteiger partial charge in [-0.1, -0.05) is 19.9 Å². The molecule has 1 aromatic heterocycles. The Bertz CT molecular complexity index is 753. The Hall–Kier alpha value is -2.23. The van der Waals surface area contributed by atoms with Gasteiger partial charge in [-0.05, 0) is 13.0 Å². The van der Waals surface area contributed by atoms with E-state index in [1.807, 2.05) is 19.9 Å². The number of aryl methyl sites for hydroxylation is 1. The molecule has 0 radical (unpaired) electrons. The highest BCUT2D eigenvalue weighted by molar-refractivity contribution is 5.90. The molecule has 0 saturated heterocycles. The number of fused-ring (bicyclic) bond motifs is 1. The molecule has 0 unspecified atom stereocenters. The van der Waals surface area contributed by atoms with Crippen molar-refractivity contribution in [3.8, 4) is 11.5 Å². The van der Waals surface area contributed by atoms with Crippen molar-refractivity contribution in [2.24, 2.45) is 0 Å². The summed E-state index contributed by atoms with van der Waals surface area (Å²) < 4.78 is 16.4. The topological polar surface area (TPSA) is 48.7 Å². The van der Waals surface area contributed by atoms with E-state index in [0.29, 0.717) is 22.6 Å². The first kappa shape index (κ1) is 15.2. The van der Waals surface area contributed by atoms with Gasteiger partial charge in [-0.2, -0.15) is 0 Å². The molecule has 0 saturated carbocycles. The Labute approximate surface area is 124 Å². The normalized spacial score (nSPS) is 11.5. The number of benzene rings is 1. The Kier molecular flexibility index (Phi) is 3.81. The van der Waals surface area contributed by atoms with Gasteiger partial charge >= 0.3 is 5.63 Å². The van der Waals surface area contributed by atoms with E-state index in [-0.39, 0.29) is 5.63 Å². The molecule has 0 aliphatic carbocycles. The molecule has 0 fully saturated rings. The molecule has 0 spiro atoms. The molecule has 2 rings (SSSR count). The van der Waals surface area contributed by atoms with E-state index in [9.17, 15) is 4.79 Å². The summed E-state index contributed by atoms with van der Waals surface area (Å²) in [6.07, 6.45) is 1.80. The van der Waals surface area contributed by atoms with Gasteiger partial charge in [0.25, 0.3) is 0 Å². The summed E-state index contributed by atoms with van der Waals surface area (Å²) in [4.78, 5) is 11.9. The fraction of sp³-hybridized carbons (Fsp3) is 0.353. The third-order valence-corrected chi connectivity index (χ3v) is 3.72. The Morgan fingerprint density at radius 2 is 1.81 bits per heavy atom. The molecular weight excluding hydrogens is 268 g/mol. The minimum atomic E-state index is -0.416. The molecule has 1 heterocycles. The van der Waals surface area contributed by atoms with Crippen LogP contribution in [0.3, 0.4) is 0 Å². The molecule has 21 heavy (non-hydrogen) atoms. The van der Waals surface area contributed by atoms with Crippen LogP contribution in [0.15, 0.2) is 34.0 Å². The zero-order chi connectivity index (χ0) is 15.8. The van der Waals surface area contributed by atoms with Crippen molar-refractivity contribution in [2.45, 2.75) is 26.2 Å². The van der Waals surface area contributed by atoms with Crippen LogP contribution in [0.4, 0.5) is 0 Å². The lowest BCUT2D eigenvalue weighted by molar-refractivity contribution is 0.386. The molecule has 112 valence electrons. The molecule has 0 aliphatic rings. The smallest absolute Gasteiger partial charge is 0.339 e. The van der Waals surface area contributed by atoms with Crippen molar-refractivity contribution in [1.82, 2.24) is 0 Å². The van der Waals surface area contributed by atoms with Gasteiger partial charge in [0.15, 0.2) is 0 Å². The first-order chi connectivity index (χ1) is 9.85. The summed E-state index contributed by atoms with van der Waals surface area (Å²) in [6.45, 7) is 9.56. The number of ether oxygens (including phenoxy) is 2. The Morgan fingerprint density at radius 3 is 2.33 bits per heavy atom. The lowest BCUT2D eigenvalue weighted by Gasteiger charge is -2.25. The highest BCUT2D eigenvalue weighted by Crippen LogP contribution is 2.42. The average molecular weight is 288 g/mol. The van der Waals surface area contributed by atoms with Gasteiger partial charge in [-0.15, -0.1) is 6.58 Å². The fourth-order valence-electron chi connectivity index (χ4n) is 2.36. The molecule has 0 atom stereocenters. The van der Waals surface area contributed by atoms with Crippen LogP contribution >= 0.6 is 0 Å². The quantitative estimate of drug-likeness (QED) is 0.637. The van der Waals surface area contributed by atoms with Crippen molar-refractivity contribution in [3.63, 3.8) is 0 Å². The van der Waals surface area contributed by atoms with Gasteiger partial charge in [0.05, 0.1) is 19.6 Å². The molecule has 0 bridgehead atoms. The second kappa shape index (κ2) is 5.28. The van der Waals surface area contributed by atoms with Gasteiger partial charge in [-0.3, -0.25) is 0 Å². The maximum absolute atomic E-state index is 11.9. The van der Waals surface area contributed by atoms with E-state index in [4.69, 9.17) is 13.9 Å². The van der Waals surface area contributed by atoms with Crippen LogP contribution in [0.1, 0.15) is 25.0 Å². The van der Waals surface area contributed by atoms with Crippen LogP contribution in [-0.2, 0) is 5.41 Å². The minimum Gasteiger partial charge on any atom is -0.496 e. The highest BCUT2D eigenvalue weighted by Gasteiger charge is 2.27. The Balaban J connectivity index is 3.04. The monoisotopic (exact) mass is 288 g/mol. The van der Waals surface area contributed by atoms with Crippen molar-refractivity contribution in [3.05, 3.63) is 46.3 Å². The van der Waals surface area contributed by atoms with Crippen LogP contribution in [0.2, 0.25) is 0 Å². The number of allylic oxidation sites excluding steroid dienone is 1. The molecule has 1 aromatic carbocycles. The van der Waals surface area contributed by atoms with Crippen molar-refractivity contribution in [1.29, 1.82) is 0 Å². The molecule has 0 amide bonds. The maximum atomic E-state index is 11.9. The van der Waals surface area contributed by atoms with E-state index in [1.165, 1.54) is 0 Å². The standard InChI is InChI=1S/C17H20O4/c1-7-17(3,4)14-13(20-6)9-12(19-5)11-8-10(2)16(18)21-15(11)14/h7-9H,1H2,2-6H3. The van der Waals surface area contributed by atoms with Crippen molar-refractivity contribution < 1.29 is 13.9 Å². The summed E-state index contributed by atoms with van der Waals surface area (Å²) in [6, 6.07) is 3.59. The first-order valence-electron chi connectivity index (χ1n) is 6.69. The van der Waals surface area contributed by atoms with E-state index >= 15 is 0 Å². The van der Waals surface area contributed by atoms with E-state index in [2.05, 4.69) is 6.58 Å². The summed E-state index contributed by atoms with van der Waals surface area (Å²) >= 11 is 0. The Morgan fingerprint density at radius 1 is 1.19 bits per heavy atom.